The molecule has 0 aromatic rings. The molecule has 0 saturated heterocycles. The fraction of sp³-hybridized carbons (Fsp3) is 0.880. The summed E-state index contributed by atoms with van der Waals surface area (Å²) in [5.41, 5.74) is 3.82. The van der Waals surface area contributed by atoms with Gasteiger partial charge in [-0.25, -0.2) is 0 Å². The lowest BCUT2D eigenvalue weighted by Crippen LogP contribution is -2.51. The van der Waals surface area contributed by atoms with Crippen LogP contribution >= 0.6 is 0 Å². The van der Waals surface area contributed by atoms with Crippen molar-refractivity contribution in [3.8, 4) is 0 Å². The van der Waals surface area contributed by atoms with Crippen molar-refractivity contribution < 1.29 is 0 Å². The molecule has 144 valence electrons. The van der Waals surface area contributed by atoms with E-state index in [4.69, 9.17) is 0 Å². The highest BCUT2D eigenvalue weighted by atomic mass is 14.7. The number of allylic oxidation sites excluding steroid dienone is 2. The second-order valence-corrected chi connectivity index (χ2v) is 11.0. The minimum atomic E-state index is 0.621. The topological polar surface area (TPSA) is 12.4 Å². The minimum absolute atomic E-state index is 0.621. The Morgan fingerprint density at radius 1 is 1.12 bits per heavy atom. The van der Waals surface area contributed by atoms with E-state index < -0.39 is 0 Å². The molecule has 8 unspecified atom stereocenters. The average molecular weight is 354 g/mol. The smallest absolute Gasteiger partial charge is 0.0344 e. The lowest BCUT2D eigenvalue weighted by atomic mass is 9.46. The summed E-state index contributed by atoms with van der Waals surface area (Å²) in [6.07, 6.45) is 15.6. The van der Waals surface area contributed by atoms with Crippen LogP contribution in [0.25, 0.3) is 0 Å². The monoisotopic (exact) mass is 353 g/mol. The zero-order chi connectivity index (χ0) is 18.1. The zero-order valence-electron chi connectivity index (χ0n) is 17.5. The summed E-state index contributed by atoms with van der Waals surface area (Å²) in [6, 6.07) is 0. The molecular formula is C25H39N. The van der Waals surface area contributed by atoms with Gasteiger partial charge in [0.05, 0.1) is 0 Å². The Hall–Kier alpha value is -0.590. The first-order valence-corrected chi connectivity index (χ1v) is 11.7. The molecule has 0 aromatic carbocycles. The molecule has 5 rings (SSSR count). The summed E-state index contributed by atoms with van der Waals surface area (Å²) in [5.74, 6) is 8.08. The molecule has 0 radical (unpaired) electrons. The number of nitrogens with zero attached hydrogens (tertiary/aromatic N) is 1. The molecule has 0 heterocycles. The number of fused-ring (bicyclic) bond motifs is 3. The Balaban J connectivity index is 1.54. The maximum Gasteiger partial charge on any atom is 0.0344 e. The maximum absolute atomic E-state index is 4.57. The van der Waals surface area contributed by atoms with Crippen LogP contribution in [0, 0.1) is 52.8 Å². The van der Waals surface area contributed by atoms with Crippen molar-refractivity contribution in [2.24, 2.45) is 57.8 Å². The van der Waals surface area contributed by atoms with Crippen LogP contribution in [0.4, 0.5) is 0 Å². The van der Waals surface area contributed by atoms with E-state index in [9.17, 15) is 0 Å². The standard InChI is InChI=1S/C25H39N/c1-5-25(3)11-10-20-19-9-8-18(26-4)13-17(19)14-22(16-6-7-16)23(20)24(25)21-12-15(21)2/h13,15-16,19-24H,5-12,14H2,1-4H3. The first-order chi connectivity index (χ1) is 12.6. The summed E-state index contributed by atoms with van der Waals surface area (Å²) in [5, 5.41) is 0. The van der Waals surface area contributed by atoms with E-state index in [1.165, 1.54) is 63.5 Å². The van der Waals surface area contributed by atoms with E-state index in [0.717, 1.165) is 47.3 Å². The van der Waals surface area contributed by atoms with E-state index in [1.54, 1.807) is 0 Å². The molecule has 1 heteroatoms. The third-order valence-electron chi connectivity index (χ3n) is 9.74. The van der Waals surface area contributed by atoms with E-state index in [0.29, 0.717) is 5.41 Å². The minimum Gasteiger partial charge on any atom is -0.293 e. The number of hydrogen-bond acceptors (Lipinski definition) is 1. The molecule has 0 bridgehead atoms. The summed E-state index contributed by atoms with van der Waals surface area (Å²) < 4.78 is 0. The van der Waals surface area contributed by atoms with Gasteiger partial charge in [-0.1, -0.05) is 32.8 Å². The summed E-state index contributed by atoms with van der Waals surface area (Å²) in [6.45, 7) is 7.71. The van der Waals surface area contributed by atoms with Crippen LogP contribution in [-0.4, -0.2) is 12.8 Å². The molecule has 0 aliphatic heterocycles. The molecular weight excluding hydrogens is 314 g/mol. The van der Waals surface area contributed by atoms with Crippen LogP contribution < -0.4 is 0 Å². The summed E-state index contributed by atoms with van der Waals surface area (Å²) >= 11 is 0. The number of rotatable bonds is 3. The highest BCUT2D eigenvalue weighted by Gasteiger charge is 2.60. The molecule has 0 spiro atoms. The first-order valence-electron chi connectivity index (χ1n) is 11.7. The van der Waals surface area contributed by atoms with Crippen molar-refractivity contribution in [3.05, 3.63) is 11.6 Å². The van der Waals surface area contributed by atoms with Gasteiger partial charge in [0.1, 0.15) is 0 Å². The van der Waals surface area contributed by atoms with Gasteiger partial charge < -0.3 is 0 Å². The van der Waals surface area contributed by atoms with Gasteiger partial charge in [-0.15, -0.1) is 0 Å². The average Bonchev–Trinajstić information content (AvgIpc) is 3.57. The molecule has 26 heavy (non-hydrogen) atoms. The van der Waals surface area contributed by atoms with Gasteiger partial charge in [-0.05, 0) is 110 Å². The van der Waals surface area contributed by atoms with Crippen LogP contribution in [0.5, 0.6) is 0 Å². The predicted molar refractivity (Wildman–Crippen MR) is 110 cm³/mol. The largest absolute Gasteiger partial charge is 0.293 e. The van der Waals surface area contributed by atoms with Gasteiger partial charge in [0.2, 0.25) is 0 Å². The maximum atomic E-state index is 4.57. The van der Waals surface area contributed by atoms with Crippen LogP contribution in [0.3, 0.4) is 0 Å². The van der Waals surface area contributed by atoms with Gasteiger partial charge in [0, 0.05) is 12.8 Å². The SMILES string of the molecule is CCC1(C)CCC2C3CCC(=NC)C=C3CC(C3CC3)C2C1C1CC1C. The van der Waals surface area contributed by atoms with Crippen LogP contribution in [0.15, 0.2) is 16.6 Å². The fourth-order valence-electron chi connectivity index (χ4n) is 7.88. The van der Waals surface area contributed by atoms with E-state index in [1.807, 2.05) is 12.6 Å². The van der Waals surface area contributed by atoms with Crippen molar-refractivity contribution in [1.29, 1.82) is 0 Å². The zero-order valence-corrected chi connectivity index (χ0v) is 17.5. The van der Waals surface area contributed by atoms with E-state index >= 15 is 0 Å². The molecule has 1 nitrogen and oxygen atoms in total. The third kappa shape index (κ3) is 2.67. The second kappa shape index (κ2) is 6.21. The Labute approximate surface area is 161 Å². The second-order valence-electron chi connectivity index (χ2n) is 11.0. The highest BCUT2D eigenvalue weighted by Crippen LogP contribution is 2.67. The lowest BCUT2D eigenvalue weighted by molar-refractivity contribution is -0.0699. The van der Waals surface area contributed by atoms with Crippen molar-refractivity contribution in [2.45, 2.75) is 78.6 Å². The van der Waals surface area contributed by atoms with Crippen molar-refractivity contribution in [1.82, 2.24) is 0 Å². The molecule has 0 aromatic heterocycles. The van der Waals surface area contributed by atoms with Crippen molar-refractivity contribution in [3.63, 3.8) is 0 Å². The van der Waals surface area contributed by atoms with Crippen LogP contribution in [0.2, 0.25) is 0 Å². The van der Waals surface area contributed by atoms with Gasteiger partial charge in [-0.3, -0.25) is 4.99 Å². The summed E-state index contributed by atoms with van der Waals surface area (Å²) in [7, 11) is 1.99. The first kappa shape index (κ1) is 17.5. The molecule has 4 fully saturated rings. The quantitative estimate of drug-likeness (QED) is 0.546. The molecule has 5 aliphatic carbocycles. The highest BCUT2D eigenvalue weighted by molar-refractivity contribution is 5.96. The predicted octanol–water partition coefficient (Wildman–Crippen LogP) is 6.54. The van der Waals surface area contributed by atoms with Gasteiger partial charge in [0.25, 0.3) is 0 Å². The van der Waals surface area contributed by atoms with Gasteiger partial charge in [-0.2, -0.15) is 0 Å². The van der Waals surface area contributed by atoms with Crippen LogP contribution in [-0.2, 0) is 0 Å². The van der Waals surface area contributed by atoms with E-state index in [2.05, 4.69) is 31.8 Å². The molecule has 5 aliphatic rings. The third-order valence-corrected chi connectivity index (χ3v) is 9.74. The Morgan fingerprint density at radius 2 is 1.88 bits per heavy atom. The number of hydrogen-bond donors (Lipinski definition) is 0. The van der Waals surface area contributed by atoms with E-state index in [-0.39, 0.29) is 0 Å². The Kier molecular flexibility index (Phi) is 4.18. The molecule has 0 amide bonds. The van der Waals surface area contributed by atoms with Crippen molar-refractivity contribution >= 4 is 5.71 Å². The molecule has 4 saturated carbocycles. The Bertz CT molecular complexity index is 626. The fourth-order valence-corrected chi connectivity index (χ4v) is 7.88. The molecule has 8 atom stereocenters. The normalized spacial score (nSPS) is 52.2. The van der Waals surface area contributed by atoms with Crippen LogP contribution in [0.1, 0.15) is 78.6 Å². The molecule has 0 N–H and O–H groups in total. The lowest BCUT2D eigenvalue weighted by Gasteiger charge is -2.58. The van der Waals surface area contributed by atoms with Crippen molar-refractivity contribution in [2.75, 3.05) is 7.05 Å². The number of aliphatic imine (C=N–C) groups is 1. The van der Waals surface area contributed by atoms with Gasteiger partial charge in [0.15, 0.2) is 0 Å². The summed E-state index contributed by atoms with van der Waals surface area (Å²) in [4.78, 5) is 4.57. The Morgan fingerprint density at radius 3 is 2.50 bits per heavy atom. The van der Waals surface area contributed by atoms with Gasteiger partial charge >= 0.3 is 0 Å².